The average Bonchev–Trinajstić information content (AvgIpc) is 2.36. The van der Waals surface area contributed by atoms with E-state index >= 15 is 0 Å². The summed E-state index contributed by atoms with van der Waals surface area (Å²) in [4.78, 5) is 11.8. The number of benzene rings is 1. The Morgan fingerprint density at radius 3 is 2.65 bits per heavy atom. The van der Waals surface area contributed by atoms with Crippen molar-refractivity contribution in [1.82, 2.24) is 0 Å². The second-order valence-corrected chi connectivity index (χ2v) is 3.83. The predicted octanol–water partition coefficient (Wildman–Crippen LogP) is 2.85. The Hall–Kier alpha value is -1.77. The molecule has 0 spiro atoms. The van der Waals surface area contributed by atoms with E-state index < -0.39 is 6.04 Å². The van der Waals surface area contributed by atoms with Gasteiger partial charge in [-0.15, -0.1) is 6.58 Å². The topological polar surface area (TPSA) is 38.3 Å². The molecule has 0 unspecified atom stereocenters. The van der Waals surface area contributed by atoms with Crippen LogP contribution in [0.2, 0.25) is 0 Å². The molecule has 3 heteroatoms. The van der Waals surface area contributed by atoms with Gasteiger partial charge in [-0.1, -0.05) is 31.2 Å². The fraction of sp³-hybridized carbons (Fsp3) is 0.357. The largest absolute Gasteiger partial charge is 0.464 e. The third-order valence-electron chi connectivity index (χ3n) is 2.53. The molecule has 1 aromatic rings. The summed E-state index contributed by atoms with van der Waals surface area (Å²) in [6.07, 6.45) is 1.75. The van der Waals surface area contributed by atoms with Crippen LogP contribution in [0.1, 0.15) is 13.8 Å². The molecule has 0 bridgehead atoms. The van der Waals surface area contributed by atoms with Crippen LogP contribution in [0, 0.1) is 5.92 Å². The van der Waals surface area contributed by atoms with Crippen LogP contribution in [0.5, 0.6) is 0 Å². The van der Waals surface area contributed by atoms with Gasteiger partial charge in [-0.2, -0.15) is 0 Å². The molecular formula is C14H19NO2. The zero-order valence-electron chi connectivity index (χ0n) is 10.3. The molecule has 0 saturated carbocycles. The van der Waals surface area contributed by atoms with Gasteiger partial charge in [-0.25, -0.2) is 4.79 Å². The maximum absolute atomic E-state index is 11.8. The van der Waals surface area contributed by atoms with Crippen LogP contribution in [0.3, 0.4) is 0 Å². The summed E-state index contributed by atoms with van der Waals surface area (Å²) in [5.41, 5.74) is 0.902. The van der Waals surface area contributed by atoms with E-state index in [-0.39, 0.29) is 11.9 Å². The molecule has 0 aliphatic heterocycles. The number of carbonyl (C=O) groups is 1. The number of anilines is 1. The molecule has 2 atom stereocenters. The summed E-state index contributed by atoms with van der Waals surface area (Å²) in [5.74, 6) is -0.238. The summed E-state index contributed by atoms with van der Waals surface area (Å²) in [5, 5.41) is 3.17. The van der Waals surface area contributed by atoms with Crippen molar-refractivity contribution in [2.75, 3.05) is 11.9 Å². The van der Waals surface area contributed by atoms with E-state index in [0.717, 1.165) is 5.69 Å². The van der Waals surface area contributed by atoms with E-state index in [1.54, 1.807) is 13.0 Å². The number of hydrogen-bond donors (Lipinski definition) is 1. The van der Waals surface area contributed by atoms with Gasteiger partial charge in [0.1, 0.15) is 6.04 Å². The summed E-state index contributed by atoms with van der Waals surface area (Å²) in [6.45, 7) is 7.84. The Kier molecular flexibility index (Phi) is 5.27. The third kappa shape index (κ3) is 3.94. The van der Waals surface area contributed by atoms with Crippen molar-refractivity contribution in [3.8, 4) is 0 Å². The average molecular weight is 233 g/mol. The van der Waals surface area contributed by atoms with Gasteiger partial charge in [-0.3, -0.25) is 0 Å². The molecule has 1 rings (SSSR count). The number of carbonyl (C=O) groups excluding carboxylic acids is 1. The summed E-state index contributed by atoms with van der Waals surface area (Å²) in [7, 11) is 0. The molecule has 1 aromatic carbocycles. The molecule has 0 heterocycles. The summed E-state index contributed by atoms with van der Waals surface area (Å²) in [6, 6.07) is 9.22. The Morgan fingerprint density at radius 2 is 2.12 bits per heavy atom. The maximum atomic E-state index is 11.8. The first-order chi connectivity index (χ1) is 8.19. The standard InChI is InChI=1S/C14H19NO2/c1-4-11(3)13(14(16)17-5-2)15-12-9-7-6-8-10-12/h4,6-11,13,15H,1,5H2,2-3H3/t11-,13+/m0/s1. The van der Waals surface area contributed by atoms with Gasteiger partial charge in [-0.05, 0) is 19.1 Å². The number of rotatable bonds is 6. The summed E-state index contributed by atoms with van der Waals surface area (Å²) < 4.78 is 5.05. The van der Waals surface area contributed by atoms with E-state index in [2.05, 4.69) is 11.9 Å². The highest BCUT2D eigenvalue weighted by Crippen LogP contribution is 2.14. The predicted molar refractivity (Wildman–Crippen MR) is 69.8 cm³/mol. The fourth-order valence-corrected chi connectivity index (χ4v) is 1.49. The van der Waals surface area contributed by atoms with Crippen molar-refractivity contribution in [3.63, 3.8) is 0 Å². The highest BCUT2D eigenvalue weighted by atomic mass is 16.5. The molecule has 92 valence electrons. The highest BCUT2D eigenvalue weighted by Gasteiger charge is 2.24. The lowest BCUT2D eigenvalue weighted by molar-refractivity contribution is -0.144. The number of ether oxygens (including phenoxy) is 1. The zero-order chi connectivity index (χ0) is 12.7. The lowest BCUT2D eigenvalue weighted by atomic mass is 10.0. The molecule has 0 radical (unpaired) electrons. The Bertz CT molecular complexity index is 362. The second kappa shape index (κ2) is 6.74. The van der Waals surface area contributed by atoms with Gasteiger partial charge in [0.2, 0.25) is 0 Å². The minimum absolute atomic E-state index is 0.00857. The van der Waals surface area contributed by atoms with Crippen molar-refractivity contribution in [1.29, 1.82) is 0 Å². The molecule has 0 amide bonds. The van der Waals surface area contributed by atoms with Gasteiger partial charge < -0.3 is 10.1 Å². The van der Waals surface area contributed by atoms with Crippen molar-refractivity contribution < 1.29 is 9.53 Å². The van der Waals surface area contributed by atoms with Crippen LogP contribution in [-0.4, -0.2) is 18.6 Å². The number of hydrogen-bond acceptors (Lipinski definition) is 3. The van der Waals surface area contributed by atoms with E-state index in [4.69, 9.17) is 4.74 Å². The van der Waals surface area contributed by atoms with Crippen LogP contribution in [0.4, 0.5) is 5.69 Å². The van der Waals surface area contributed by atoms with Crippen LogP contribution in [0.25, 0.3) is 0 Å². The van der Waals surface area contributed by atoms with Crippen LogP contribution < -0.4 is 5.32 Å². The monoisotopic (exact) mass is 233 g/mol. The van der Waals surface area contributed by atoms with Crippen molar-refractivity contribution in [3.05, 3.63) is 43.0 Å². The van der Waals surface area contributed by atoms with Crippen molar-refractivity contribution in [2.45, 2.75) is 19.9 Å². The molecule has 1 N–H and O–H groups in total. The minimum atomic E-state index is -0.394. The third-order valence-corrected chi connectivity index (χ3v) is 2.53. The molecule has 0 aromatic heterocycles. The first-order valence-electron chi connectivity index (χ1n) is 5.79. The van der Waals surface area contributed by atoms with E-state index in [1.807, 2.05) is 37.3 Å². The molecular weight excluding hydrogens is 214 g/mol. The number of esters is 1. The van der Waals surface area contributed by atoms with Crippen LogP contribution in [0.15, 0.2) is 43.0 Å². The van der Waals surface area contributed by atoms with Gasteiger partial charge in [0.05, 0.1) is 6.61 Å². The number of para-hydroxylation sites is 1. The summed E-state index contributed by atoms with van der Waals surface area (Å²) >= 11 is 0. The van der Waals surface area contributed by atoms with Gasteiger partial charge in [0.15, 0.2) is 0 Å². The Balaban J connectivity index is 2.77. The van der Waals surface area contributed by atoms with Crippen molar-refractivity contribution in [2.24, 2.45) is 5.92 Å². The first-order valence-corrected chi connectivity index (χ1v) is 5.79. The molecule has 3 nitrogen and oxygen atoms in total. The van der Waals surface area contributed by atoms with E-state index in [0.29, 0.717) is 6.61 Å². The molecule has 0 aliphatic rings. The van der Waals surface area contributed by atoms with Crippen LogP contribution >= 0.6 is 0 Å². The Labute approximate surface area is 102 Å². The smallest absolute Gasteiger partial charge is 0.329 e. The zero-order valence-corrected chi connectivity index (χ0v) is 10.3. The van der Waals surface area contributed by atoms with E-state index in [9.17, 15) is 4.79 Å². The quantitative estimate of drug-likeness (QED) is 0.606. The minimum Gasteiger partial charge on any atom is -0.464 e. The van der Waals surface area contributed by atoms with E-state index in [1.165, 1.54) is 0 Å². The lowest BCUT2D eigenvalue weighted by Gasteiger charge is -2.22. The SMILES string of the molecule is C=C[C@H](C)[C@@H](Nc1ccccc1)C(=O)OCC. The van der Waals surface area contributed by atoms with Gasteiger partial charge in [0, 0.05) is 11.6 Å². The van der Waals surface area contributed by atoms with Crippen molar-refractivity contribution >= 4 is 11.7 Å². The normalized spacial score (nSPS) is 13.5. The highest BCUT2D eigenvalue weighted by molar-refractivity contribution is 5.80. The number of nitrogens with one attached hydrogen (secondary N) is 1. The molecule has 0 aliphatic carbocycles. The molecule has 17 heavy (non-hydrogen) atoms. The second-order valence-electron chi connectivity index (χ2n) is 3.83. The van der Waals surface area contributed by atoms with Crippen LogP contribution in [-0.2, 0) is 9.53 Å². The maximum Gasteiger partial charge on any atom is 0.329 e. The fourth-order valence-electron chi connectivity index (χ4n) is 1.49. The molecule has 0 fully saturated rings. The van der Waals surface area contributed by atoms with Gasteiger partial charge >= 0.3 is 5.97 Å². The first kappa shape index (κ1) is 13.3. The van der Waals surface area contributed by atoms with Gasteiger partial charge in [0.25, 0.3) is 0 Å². The molecule has 0 saturated heterocycles. The Morgan fingerprint density at radius 1 is 1.47 bits per heavy atom. The lowest BCUT2D eigenvalue weighted by Crippen LogP contribution is -2.36.